The first-order valence-electron chi connectivity index (χ1n) is 8.16. The monoisotopic (exact) mass is 367 g/mol. The zero-order chi connectivity index (χ0) is 19.3. The molecule has 1 amide bonds. The molecule has 0 radical (unpaired) electrons. The van der Waals surface area contributed by atoms with Gasteiger partial charge in [-0.2, -0.15) is 18.3 Å². The van der Waals surface area contributed by atoms with Crippen LogP contribution in [0.3, 0.4) is 0 Å². The first-order chi connectivity index (χ1) is 12.2. The van der Waals surface area contributed by atoms with Gasteiger partial charge in [0.25, 0.3) is 0 Å². The van der Waals surface area contributed by atoms with Gasteiger partial charge in [-0.3, -0.25) is 14.3 Å². The maximum atomic E-state index is 12.6. The Bertz CT molecular complexity index is 767. The molecule has 1 unspecified atom stereocenters. The van der Waals surface area contributed by atoms with Crippen LogP contribution in [0.1, 0.15) is 54.2 Å². The maximum Gasteiger partial charge on any atom is 0.416 e. The van der Waals surface area contributed by atoms with Crippen LogP contribution in [0, 0.1) is 0 Å². The minimum absolute atomic E-state index is 0.0700. The van der Waals surface area contributed by atoms with Crippen molar-refractivity contribution in [2.45, 2.75) is 45.5 Å². The fourth-order valence-electron chi connectivity index (χ4n) is 2.43. The molecule has 1 aromatic heterocycles. The predicted octanol–water partition coefficient (Wildman–Crippen LogP) is 3.76. The van der Waals surface area contributed by atoms with Gasteiger partial charge in [0.1, 0.15) is 0 Å². The van der Waals surface area contributed by atoms with Crippen LogP contribution in [0.15, 0.2) is 36.7 Å². The van der Waals surface area contributed by atoms with E-state index in [1.165, 1.54) is 25.3 Å². The Balaban J connectivity index is 1.80. The molecule has 2 aromatic rings. The van der Waals surface area contributed by atoms with Crippen LogP contribution in [0.5, 0.6) is 0 Å². The fourth-order valence-corrected chi connectivity index (χ4v) is 2.43. The number of hydrogen-bond acceptors (Lipinski definition) is 3. The van der Waals surface area contributed by atoms with Crippen LogP contribution < -0.4 is 5.32 Å². The van der Waals surface area contributed by atoms with Gasteiger partial charge in [-0.25, -0.2) is 0 Å². The normalized spacial score (nSPS) is 12.7. The Morgan fingerprint density at radius 1 is 1.23 bits per heavy atom. The van der Waals surface area contributed by atoms with E-state index in [1.807, 2.05) is 0 Å². The lowest BCUT2D eigenvalue weighted by Crippen LogP contribution is -2.26. The number of aryl methyl sites for hydroxylation is 1. The molecule has 1 aromatic carbocycles. The summed E-state index contributed by atoms with van der Waals surface area (Å²) in [5.41, 5.74) is 0.402. The molecule has 8 heteroatoms. The van der Waals surface area contributed by atoms with E-state index in [1.54, 1.807) is 17.8 Å². The third-order valence-electron chi connectivity index (χ3n) is 3.95. The van der Waals surface area contributed by atoms with E-state index in [4.69, 9.17) is 0 Å². The highest BCUT2D eigenvalue weighted by molar-refractivity contribution is 5.93. The molecular weight excluding hydrogens is 347 g/mol. The number of nitrogens with zero attached hydrogens (tertiary/aromatic N) is 2. The molecule has 2 rings (SSSR count). The minimum atomic E-state index is -4.38. The number of ketones is 1. The van der Waals surface area contributed by atoms with Crippen molar-refractivity contribution in [1.29, 1.82) is 0 Å². The zero-order valence-corrected chi connectivity index (χ0v) is 14.5. The van der Waals surface area contributed by atoms with Crippen LogP contribution in [-0.2, 0) is 17.5 Å². The number of alkyl halides is 3. The van der Waals surface area contributed by atoms with Gasteiger partial charge in [-0.15, -0.1) is 0 Å². The van der Waals surface area contributed by atoms with E-state index < -0.39 is 11.7 Å². The van der Waals surface area contributed by atoms with Gasteiger partial charge in [-0.1, -0.05) is 12.1 Å². The molecular formula is C18H20F3N3O2. The summed E-state index contributed by atoms with van der Waals surface area (Å²) in [5.74, 6) is -0.268. The van der Waals surface area contributed by atoms with Crippen LogP contribution in [0.4, 0.5) is 13.2 Å². The Morgan fingerprint density at radius 2 is 1.88 bits per heavy atom. The summed E-state index contributed by atoms with van der Waals surface area (Å²) in [5, 5.41) is 6.80. The number of Topliss-reactive ketones (excluding diaryl/α,β-unsaturated/α-hetero) is 1. The Morgan fingerprint density at radius 3 is 2.42 bits per heavy atom. The highest BCUT2D eigenvalue weighted by atomic mass is 19.4. The second kappa shape index (κ2) is 8.16. The van der Waals surface area contributed by atoms with Gasteiger partial charge in [-0.05, 0) is 38.0 Å². The van der Waals surface area contributed by atoms with E-state index in [9.17, 15) is 22.8 Å². The molecule has 1 atom stereocenters. The first-order valence-corrected chi connectivity index (χ1v) is 8.16. The number of carbonyl (C=O) groups excluding carboxylic acids is 2. The summed E-state index contributed by atoms with van der Waals surface area (Å²) in [4.78, 5) is 23.2. The fraction of sp³-hybridized carbons (Fsp3) is 0.389. The minimum Gasteiger partial charge on any atom is -0.350 e. The zero-order valence-electron chi connectivity index (χ0n) is 14.5. The van der Waals surface area contributed by atoms with Gasteiger partial charge >= 0.3 is 6.18 Å². The molecule has 0 saturated heterocycles. The molecule has 0 fully saturated rings. The van der Waals surface area contributed by atoms with E-state index in [0.717, 1.165) is 12.1 Å². The van der Waals surface area contributed by atoms with Crippen molar-refractivity contribution in [3.8, 4) is 0 Å². The highest BCUT2D eigenvalue weighted by Gasteiger charge is 2.30. The molecule has 5 nitrogen and oxygen atoms in total. The van der Waals surface area contributed by atoms with Gasteiger partial charge < -0.3 is 5.32 Å². The van der Waals surface area contributed by atoms with Crippen molar-refractivity contribution in [3.05, 3.63) is 53.3 Å². The number of benzene rings is 1. The van der Waals surface area contributed by atoms with Gasteiger partial charge in [0.15, 0.2) is 5.78 Å². The summed E-state index contributed by atoms with van der Waals surface area (Å²) in [6.07, 6.45) is -0.481. The number of hydrogen-bond donors (Lipinski definition) is 1. The largest absolute Gasteiger partial charge is 0.416 e. The molecule has 1 heterocycles. The smallest absolute Gasteiger partial charge is 0.350 e. The topological polar surface area (TPSA) is 64.0 Å². The van der Waals surface area contributed by atoms with Crippen LogP contribution in [0.2, 0.25) is 0 Å². The molecule has 0 bridgehead atoms. The predicted molar refractivity (Wildman–Crippen MR) is 89.5 cm³/mol. The van der Waals surface area contributed by atoms with Crippen molar-refractivity contribution in [2.75, 3.05) is 0 Å². The van der Waals surface area contributed by atoms with E-state index >= 15 is 0 Å². The van der Waals surface area contributed by atoms with E-state index in [2.05, 4.69) is 10.4 Å². The van der Waals surface area contributed by atoms with Crippen LogP contribution in [0.25, 0.3) is 0 Å². The summed E-state index contributed by atoms with van der Waals surface area (Å²) in [6.45, 7) is 3.67. The van der Waals surface area contributed by atoms with Gasteiger partial charge in [0.2, 0.25) is 5.91 Å². The van der Waals surface area contributed by atoms with Gasteiger partial charge in [0, 0.05) is 19.2 Å². The lowest BCUT2D eigenvalue weighted by Gasteiger charge is -2.15. The molecule has 1 N–H and O–H groups in total. The van der Waals surface area contributed by atoms with Crippen LogP contribution in [-0.4, -0.2) is 21.5 Å². The molecule has 26 heavy (non-hydrogen) atoms. The highest BCUT2D eigenvalue weighted by Crippen LogP contribution is 2.29. The summed E-state index contributed by atoms with van der Waals surface area (Å²) in [6, 6.07) is 4.34. The average molecular weight is 367 g/mol. The number of rotatable bonds is 7. The lowest BCUT2D eigenvalue weighted by molar-refractivity contribution is -0.137. The summed E-state index contributed by atoms with van der Waals surface area (Å²) >= 11 is 0. The first kappa shape index (κ1) is 19.7. The Labute approximate surface area is 149 Å². The second-order valence-electron chi connectivity index (χ2n) is 6.06. The average Bonchev–Trinajstić information content (AvgIpc) is 3.03. The standard InChI is InChI=1S/C18H20F3N3O2/c1-12(14-5-7-16(8-6-14)18(19,20)21)23-17(26)4-3-9-24-11-15(10-22-24)13(2)25/h5-8,10-12H,3-4,9H2,1-2H3,(H,23,26). The molecule has 0 aliphatic heterocycles. The molecule has 0 spiro atoms. The maximum absolute atomic E-state index is 12.6. The number of carbonyl (C=O) groups is 2. The van der Waals surface area contributed by atoms with Crippen molar-refractivity contribution in [3.63, 3.8) is 0 Å². The molecule has 0 aliphatic rings. The third-order valence-corrected chi connectivity index (χ3v) is 3.95. The second-order valence-corrected chi connectivity index (χ2v) is 6.06. The number of aromatic nitrogens is 2. The molecule has 140 valence electrons. The Kier molecular flexibility index (Phi) is 6.18. The van der Waals surface area contributed by atoms with Crippen molar-refractivity contribution < 1.29 is 22.8 Å². The van der Waals surface area contributed by atoms with Crippen molar-refractivity contribution in [2.24, 2.45) is 0 Å². The van der Waals surface area contributed by atoms with Crippen molar-refractivity contribution >= 4 is 11.7 Å². The lowest BCUT2D eigenvalue weighted by atomic mass is 10.1. The number of amides is 1. The van der Waals surface area contributed by atoms with Crippen LogP contribution >= 0.6 is 0 Å². The molecule has 0 saturated carbocycles. The number of halogens is 3. The number of nitrogens with one attached hydrogen (secondary N) is 1. The summed E-state index contributed by atoms with van der Waals surface area (Å²) < 4.78 is 39.3. The quantitative estimate of drug-likeness (QED) is 0.758. The molecule has 0 aliphatic carbocycles. The van der Waals surface area contributed by atoms with E-state index in [0.29, 0.717) is 24.1 Å². The van der Waals surface area contributed by atoms with E-state index in [-0.39, 0.29) is 24.2 Å². The van der Waals surface area contributed by atoms with Gasteiger partial charge in [0.05, 0.1) is 23.4 Å². The van der Waals surface area contributed by atoms with Crippen molar-refractivity contribution in [1.82, 2.24) is 15.1 Å². The third kappa shape index (κ3) is 5.44. The SMILES string of the molecule is CC(=O)c1cnn(CCCC(=O)NC(C)c2ccc(C(F)(F)F)cc2)c1. The Hall–Kier alpha value is -2.64. The summed E-state index contributed by atoms with van der Waals surface area (Å²) in [7, 11) is 0.